The lowest BCUT2D eigenvalue weighted by Gasteiger charge is -2.36. The van der Waals surface area contributed by atoms with Crippen LogP contribution in [-0.4, -0.2) is 33.5 Å². The molecule has 0 aromatic carbocycles. The molecule has 0 saturated heterocycles. The molecule has 3 rings (SSSR count). The van der Waals surface area contributed by atoms with E-state index in [0.717, 1.165) is 0 Å². The first-order valence-corrected chi connectivity index (χ1v) is 5.79. The van der Waals surface area contributed by atoms with Gasteiger partial charge in [0.1, 0.15) is 18.3 Å². The Bertz CT molecular complexity index is 630. The molecule has 0 unspecified atom stereocenters. The molecule has 2 amide bonds. The van der Waals surface area contributed by atoms with Gasteiger partial charge in [-0.2, -0.15) is 5.26 Å². The topological polar surface area (TPSA) is 106 Å². The summed E-state index contributed by atoms with van der Waals surface area (Å²) in [4.78, 5) is 28.3. The monoisotopic (exact) mass is 258 g/mol. The van der Waals surface area contributed by atoms with Crippen molar-refractivity contribution in [3.8, 4) is 6.07 Å². The first-order valence-electron chi connectivity index (χ1n) is 5.79. The van der Waals surface area contributed by atoms with Gasteiger partial charge >= 0.3 is 12.0 Å². The summed E-state index contributed by atoms with van der Waals surface area (Å²) in [5, 5.41) is 20.4. The number of nitrogens with one attached hydrogen (secondary N) is 1. The number of carbonyl (C=O) groups excluding carboxylic acids is 1. The smallest absolute Gasteiger partial charge is 0.323 e. The van der Waals surface area contributed by atoms with Crippen LogP contribution in [0.5, 0.6) is 0 Å². The molecule has 1 aliphatic heterocycles. The molecule has 0 radical (unpaired) electrons. The van der Waals surface area contributed by atoms with Gasteiger partial charge in [0.25, 0.3) is 0 Å². The van der Waals surface area contributed by atoms with Gasteiger partial charge in [-0.25, -0.2) is 9.78 Å². The van der Waals surface area contributed by atoms with Crippen LogP contribution >= 0.6 is 0 Å². The standard InChI is InChI=1S/C12H10N4O3/c13-5-7-1-2-8-10(14-7)12(3-4-12)16(6-9(17)18)11(19)15-8/h1-2H,3-4,6H2,(H,15,19)(H,17,18). The van der Waals surface area contributed by atoms with E-state index in [2.05, 4.69) is 10.3 Å². The number of carbonyl (C=O) groups is 2. The summed E-state index contributed by atoms with van der Waals surface area (Å²) in [7, 11) is 0. The number of aliphatic carboxylic acids is 1. The number of pyridine rings is 1. The molecule has 1 fully saturated rings. The maximum atomic E-state index is 12.0. The van der Waals surface area contributed by atoms with Gasteiger partial charge in [-0.05, 0) is 25.0 Å². The van der Waals surface area contributed by atoms with E-state index < -0.39 is 17.5 Å². The van der Waals surface area contributed by atoms with Crippen LogP contribution < -0.4 is 5.32 Å². The summed E-state index contributed by atoms with van der Waals surface area (Å²) in [5.41, 5.74) is 0.759. The fourth-order valence-electron chi connectivity index (χ4n) is 2.47. The number of carboxylic acid groups (broad SMARTS) is 1. The van der Waals surface area contributed by atoms with Gasteiger partial charge in [0.15, 0.2) is 0 Å². The number of rotatable bonds is 2. The summed E-state index contributed by atoms with van der Waals surface area (Å²) >= 11 is 0. The summed E-state index contributed by atoms with van der Waals surface area (Å²) in [5.74, 6) is -1.07. The lowest BCUT2D eigenvalue weighted by atomic mass is 10.0. The number of hydrogen-bond acceptors (Lipinski definition) is 4. The molecule has 2 aliphatic rings. The molecule has 96 valence electrons. The van der Waals surface area contributed by atoms with Crippen molar-refractivity contribution >= 4 is 17.7 Å². The number of aromatic nitrogens is 1. The van der Waals surface area contributed by atoms with E-state index in [9.17, 15) is 9.59 Å². The van der Waals surface area contributed by atoms with Crippen molar-refractivity contribution in [3.63, 3.8) is 0 Å². The number of anilines is 1. The maximum absolute atomic E-state index is 12.0. The predicted molar refractivity (Wildman–Crippen MR) is 63.2 cm³/mol. The van der Waals surface area contributed by atoms with Gasteiger partial charge in [0.2, 0.25) is 0 Å². The van der Waals surface area contributed by atoms with Crippen LogP contribution in [0.4, 0.5) is 10.5 Å². The van der Waals surface area contributed by atoms with E-state index in [1.807, 2.05) is 6.07 Å². The van der Waals surface area contributed by atoms with Crippen LogP contribution in [0.1, 0.15) is 24.2 Å². The minimum atomic E-state index is -1.07. The van der Waals surface area contributed by atoms with E-state index >= 15 is 0 Å². The van der Waals surface area contributed by atoms with Gasteiger partial charge in [-0.15, -0.1) is 0 Å². The second-order valence-corrected chi connectivity index (χ2v) is 4.65. The van der Waals surface area contributed by atoms with Crippen molar-refractivity contribution in [1.82, 2.24) is 9.88 Å². The van der Waals surface area contributed by atoms with Gasteiger partial charge in [-0.1, -0.05) is 0 Å². The third-order valence-corrected chi connectivity index (χ3v) is 3.47. The highest BCUT2D eigenvalue weighted by Gasteiger charge is 2.57. The fourth-order valence-corrected chi connectivity index (χ4v) is 2.47. The van der Waals surface area contributed by atoms with Gasteiger partial charge < -0.3 is 15.3 Å². The van der Waals surface area contributed by atoms with Crippen LogP contribution in [0.15, 0.2) is 12.1 Å². The van der Waals surface area contributed by atoms with Crippen LogP contribution in [0.25, 0.3) is 0 Å². The van der Waals surface area contributed by atoms with Crippen molar-refractivity contribution in [3.05, 3.63) is 23.5 Å². The number of fused-ring (bicyclic) bond motifs is 2. The van der Waals surface area contributed by atoms with Gasteiger partial charge in [0.05, 0.1) is 16.9 Å². The van der Waals surface area contributed by atoms with Crippen LogP contribution in [0, 0.1) is 11.3 Å². The van der Waals surface area contributed by atoms with Crippen molar-refractivity contribution in [2.45, 2.75) is 18.4 Å². The fraction of sp³-hybridized carbons (Fsp3) is 0.333. The molecular formula is C12H10N4O3. The molecule has 0 atom stereocenters. The number of nitrogens with zero attached hydrogens (tertiary/aromatic N) is 3. The molecule has 19 heavy (non-hydrogen) atoms. The first-order chi connectivity index (χ1) is 9.06. The zero-order valence-electron chi connectivity index (χ0n) is 9.88. The summed E-state index contributed by atoms with van der Waals surface area (Å²) < 4.78 is 0. The van der Waals surface area contributed by atoms with E-state index in [4.69, 9.17) is 10.4 Å². The molecule has 1 aromatic heterocycles. The van der Waals surface area contributed by atoms with E-state index in [1.54, 1.807) is 6.07 Å². The highest BCUT2D eigenvalue weighted by molar-refractivity contribution is 5.95. The predicted octanol–water partition coefficient (Wildman–Crippen LogP) is 0.874. The Labute approximate surface area is 108 Å². The van der Waals surface area contributed by atoms with Crippen LogP contribution in [0.2, 0.25) is 0 Å². The summed E-state index contributed by atoms with van der Waals surface area (Å²) in [6.07, 6.45) is 1.34. The van der Waals surface area contributed by atoms with Gasteiger partial charge in [0, 0.05) is 0 Å². The van der Waals surface area contributed by atoms with Crippen molar-refractivity contribution in [1.29, 1.82) is 5.26 Å². The molecule has 1 saturated carbocycles. The maximum Gasteiger partial charge on any atom is 0.323 e. The van der Waals surface area contributed by atoms with Gasteiger partial charge in [-0.3, -0.25) is 4.79 Å². The average Bonchev–Trinajstić information content (AvgIpc) is 3.16. The molecule has 2 N–H and O–H groups in total. The first kappa shape index (κ1) is 11.5. The van der Waals surface area contributed by atoms with Crippen molar-refractivity contribution < 1.29 is 14.7 Å². The Morgan fingerprint density at radius 2 is 2.32 bits per heavy atom. The second kappa shape index (κ2) is 3.68. The number of hydrogen-bond donors (Lipinski definition) is 2. The lowest BCUT2D eigenvalue weighted by molar-refractivity contribution is -0.138. The molecular weight excluding hydrogens is 248 g/mol. The molecule has 1 aliphatic carbocycles. The largest absolute Gasteiger partial charge is 0.480 e. The van der Waals surface area contributed by atoms with Crippen molar-refractivity contribution in [2.75, 3.05) is 11.9 Å². The number of nitriles is 1. The Hall–Kier alpha value is -2.62. The third-order valence-electron chi connectivity index (χ3n) is 3.47. The minimum absolute atomic E-state index is 0.261. The highest BCUT2D eigenvalue weighted by Crippen LogP contribution is 2.54. The number of urea groups is 1. The van der Waals surface area contributed by atoms with Crippen LogP contribution in [-0.2, 0) is 10.3 Å². The van der Waals surface area contributed by atoms with Crippen molar-refractivity contribution in [2.24, 2.45) is 0 Å². The average molecular weight is 258 g/mol. The lowest BCUT2D eigenvalue weighted by Crippen LogP contribution is -2.50. The summed E-state index contributed by atoms with van der Waals surface area (Å²) in [6.45, 7) is -0.371. The normalized spacial score (nSPS) is 18.5. The van der Waals surface area contributed by atoms with Crippen LogP contribution in [0.3, 0.4) is 0 Å². The van der Waals surface area contributed by atoms with E-state index in [1.165, 1.54) is 11.0 Å². The minimum Gasteiger partial charge on any atom is -0.480 e. The zero-order chi connectivity index (χ0) is 13.6. The highest BCUT2D eigenvalue weighted by atomic mass is 16.4. The zero-order valence-corrected chi connectivity index (χ0v) is 9.88. The second-order valence-electron chi connectivity index (χ2n) is 4.65. The summed E-state index contributed by atoms with van der Waals surface area (Å²) in [6, 6.07) is 4.68. The Morgan fingerprint density at radius 1 is 1.58 bits per heavy atom. The third kappa shape index (κ3) is 1.61. The molecule has 1 aromatic rings. The molecule has 0 bridgehead atoms. The quantitative estimate of drug-likeness (QED) is 0.818. The molecule has 7 nitrogen and oxygen atoms in total. The number of amides is 2. The molecule has 1 spiro atoms. The SMILES string of the molecule is N#Cc1ccc2c(n1)C1(CC1)N(CC(=O)O)C(=O)N2. The van der Waals surface area contributed by atoms with E-state index in [0.29, 0.717) is 24.2 Å². The van der Waals surface area contributed by atoms with E-state index in [-0.39, 0.29) is 12.2 Å². The molecule has 7 heteroatoms. The Morgan fingerprint density at radius 3 is 2.89 bits per heavy atom. The number of carboxylic acids is 1. The Kier molecular flexibility index (Phi) is 2.22. The molecule has 2 heterocycles. The Balaban J connectivity index is 2.09.